The number of benzene rings is 2. The summed E-state index contributed by atoms with van der Waals surface area (Å²) in [5.74, 6) is -0.866. The molecule has 0 spiro atoms. The van der Waals surface area contributed by atoms with Crippen molar-refractivity contribution in [3.63, 3.8) is 0 Å². The van der Waals surface area contributed by atoms with Crippen molar-refractivity contribution >= 4 is 35.4 Å². The van der Waals surface area contributed by atoms with Gasteiger partial charge in [0.15, 0.2) is 0 Å². The van der Waals surface area contributed by atoms with E-state index in [0.717, 1.165) is 12.7 Å². The number of halogens is 1. The normalized spacial score (nSPS) is 10.8. The number of nitro groups is 1. The van der Waals surface area contributed by atoms with Crippen LogP contribution in [0.3, 0.4) is 0 Å². The van der Waals surface area contributed by atoms with Gasteiger partial charge in [0.1, 0.15) is 12.3 Å². The maximum atomic E-state index is 12.0. The molecule has 8 nitrogen and oxygen atoms in total. The number of methoxy groups -OCH3 is 1. The number of nitrogens with one attached hydrogen (secondary N) is 1. The van der Waals surface area contributed by atoms with Crippen molar-refractivity contribution in [3.05, 3.63) is 80.5 Å². The largest absolute Gasteiger partial charge is 0.464 e. The highest BCUT2D eigenvalue weighted by Crippen LogP contribution is 2.24. The lowest BCUT2D eigenvalue weighted by molar-refractivity contribution is -0.384. The average molecular weight is 391 g/mol. The SMILES string of the molecule is COC(=O)/C(=C/c1cc([N+](=O)[O-])ccc1Cl)NC(=O)OCc1ccccc1. The lowest BCUT2D eigenvalue weighted by Crippen LogP contribution is -2.28. The lowest BCUT2D eigenvalue weighted by Gasteiger charge is -2.10. The van der Waals surface area contributed by atoms with E-state index in [1.165, 1.54) is 24.3 Å². The third-order valence-corrected chi connectivity index (χ3v) is 3.69. The molecule has 0 radical (unpaired) electrons. The van der Waals surface area contributed by atoms with Crippen molar-refractivity contribution in [3.8, 4) is 0 Å². The fourth-order valence-corrected chi connectivity index (χ4v) is 2.21. The standard InChI is InChI=1S/C18H15ClN2O6/c1-26-17(22)16(10-13-9-14(21(24)25)7-8-15(13)19)20-18(23)27-11-12-5-3-2-4-6-12/h2-10H,11H2,1H3,(H,20,23)/b16-10-. The van der Waals surface area contributed by atoms with E-state index in [2.05, 4.69) is 10.1 Å². The van der Waals surface area contributed by atoms with Gasteiger partial charge in [-0.25, -0.2) is 9.59 Å². The number of carbonyl (C=O) groups is 2. The van der Waals surface area contributed by atoms with Crippen molar-refractivity contribution in [2.75, 3.05) is 7.11 Å². The maximum Gasteiger partial charge on any atom is 0.412 e. The fourth-order valence-electron chi connectivity index (χ4n) is 2.04. The Morgan fingerprint density at radius 3 is 2.56 bits per heavy atom. The first-order chi connectivity index (χ1) is 12.9. The molecule has 0 heterocycles. The van der Waals surface area contributed by atoms with Crippen LogP contribution in [0, 0.1) is 10.1 Å². The molecule has 0 saturated heterocycles. The molecule has 0 aromatic heterocycles. The van der Waals surface area contributed by atoms with Gasteiger partial charge in [-0.2, -0.15) is 0 Å². The zero-order chi connectivity index (χ0) is 19.8. The summed E-state index contributed by atoms with van der Waals surface area (Å²) in [7, 11) is 1.13. The van der Waals surface area contributed by atoms with Crippen LogP contribution in [0.1, 0.15) is 11.1 Å². The van der Waals surface area contributed by atoms with Gasteiger partial charge in [0, 0.05) is 22.7 Å². The van der Waals surface area contributed by atoms with Crippen molar-refractivity contribution in [2.24, 2.45) is 0 Å². The number of ether oxygens (including phenoxy) is 2. The third kappa shape index (κ3) is 5.82. The van der Waals surface area contributed by atoms with Crippen LogP contribution in [0.4, 0.5) is 10.5 Å². The fraction of sp³-hybridized carbons (Fsp3) is 0.111. The Kier molecular flexibility index (Phi) is 6.90. The van der Waals surface area contributed by atoms with Gasteiger partial charge >= 0.3 is 12.1 Å². The third-order valence-electron chi connectivity index (χ3n) is 3.35. The Morgan fingerprint density at radius 1 is 1.22 bits per heavy atom. The molecule has 2 aromatic rings. The van der Waals surface area contributed by atoms with Crippen LogP contribution in [0.15, 0.2) is 54.2 Å². The molecule has 27 heavy (non-hydrogen) atoms. The van der Waals surface area contributed by atoms with Gasteiger partial charge in [0.2, 0.25) is 0 Å². The first-order valence-corrected chi connectivity index (χ1v) is 8.00. The zero-order valence-electron chi connectivity index (χ0n) is 14.2. The van der Waals surface area contributed by atoms with Gasteiger partial charge in [0.25, 0.3) is 5.69 Å². The molecule has 2 aromatic carbocycles. The molecule has 0 atom stereocenters. The zero-order valence-corrected chi connectivity index (χ0v) is 14.9. The quantitative estimate of drug-likeness (QED) is 0.349. The minimum absolute atomic E-state index is 0.00130. The number of rotatable bonds is 6. The number of carbonyl (C=O) groups excluding carboxylic acids is 2. The summed E-state index contributed by atoms with van der Waals surface area (Å²) in [6.07, 6.45) is 0.280. The Morgan fingerprint density at radius 2 is 1.93 bits per heavy atom. The molecule has 140 valence electrons. The van der Waals surface area contributed by atoms with Gasteiger partial charge in [-0.15, -0.1) is 0 Å². The van der Waals surface area contributed by atoms with Crippen molar-refractivity contribution < 1.29 is 24.0 Å². The number of esters is 1. The summed E-state index contributed by atoms with van der Waals surface area (Å²) in [5.41, 5.74) is 0.423. The molecule has 0 aliphatic carbocycles. The molecule has 2 rings (SSSR count). The molecule has 0 aliphatic rings. The summed E-state index contributed by atoms with van der Waals surface area (Å²) in [5, 5.41) is 13.3. The first kappa shape index (κ1) is 19.9. The number of non-ortho nitro benzene ring substituents is 1. The van der Waals surface area contributed by atoms with E-state index in [-0.39, 0.29) is 28.6 Å². The van der Waals surface area contributed by atoms with Crippen LogP contribution in [0.5, 0.6) is 0 Å². The predicted octanol–water partition coefficient (Wildman–Crippen LogP) is 3.69. The van der Waals surface area contributed by atoms with Crippen molar-refractivity contribution in [1.29, 1.82) is 0 Å². The molecule has 0 aliphatic heterocycles. The van der Waals surface area contributed by atoms with Gasteiger partial charge in [-0.3, -0.25) is 15.4 Å². The molecular formula is C18H15ClN2O6. The van der Waals surface area contributed by atoms with Gasteiger partial charge in [0.05, 0.1) is 12.0 Å². The smallest absolute Gasteiger partial charge is 0.412 e. The molecule has 0 unspecified atom stereocenters. The monoisotopic (exact) mass is 390 g/mol. The summed E-state index contributed by atoms with van der Waals surface area (Å²) < 4.78 is 9.65. The number of hydrogen-bond donors (Lipinski definition) is 1. The highest BCUT2D eigenvalue weighted by molar-refractivity contribution is 6.32. The number of amides is 1. The van der Waals surface area contributed by atoms with Gasteiger partial charge in [-0.1, -0.05) is 41.9 Å². The summed E-state index contributed by atoms with van der Waals surface area (Å²) in [4.78, 5) is 34.2. The molecular weight excluding hydrogens is 376 g/mol. The van der Waals surface area contributed by atoms with E-state index in [4.69, 9.17) is 16.3 Å². The Hall–Kier alpha value is -3.39. The second-order valence-corrected chi connectivity index (χ2v) is 5.61. The van der Waals surface area contributed by atoms with E-state index in [0.29, 0.717) is 0 Å². The topological polar surface area (TPSA) is 108 Å². The summed E-state index contributed by atoms with van der Waals surface area (Å²) in [6, 6.07) is 12.7. The molecule has 1 amide bonds. The molecule has 9 heteroatoms. The molecule has 0 saturated carbocycles. The van der Waals surface area contributed by atoms with Gasteiger partial charge in [-0.05, 0) is 17.7 Å². The summed E-state index contributed by atoms with van der Waals surface area (Å²) >= 11 is 6.01. The van der Waals surface area contributed by atoms with Crippen LogP contribution in [-0.2, 0) is 20.9 Å². The van der Waals surface area contributed by atoms with Crippen LogP contribution in [-0.4, -0.2) is 24.1 Å². The Balaban J connectivity index is 2.18. The number of nitrogens with zero attached hydrogens (tertiary/aromatic N) is 1. The highest BCUT2D eigenvalue weighted by Gasteiger charge is 2.17. The Labute approximate surface area is 159 Å². The van der Waals surface area contributed by atoms with E-state index < -0.39 is 17.0 Å². The van der Waals surface area contributed by atoms with Crippen LogP contribution in [0.25, 0.3) is 6.08 Å². The first-order valence-electron chi connectivity index (χ1n) is 7.62. The molecule has 1 N–H and O–H groups in total. The molecule has 0 fully saturated rings. The van der Waals surface area contributed by atoms with E-state index in [9.17, 15) is 19.7 Å². The minimum Gasteiger partial charge on any atom is -0.464 e. The van der Waals surface area contributed by atoms with Crippen molar-refractivity contribution in [2.45, 2.75) is 6.61 Å². The van der Waals surface area contributed by atoms with Crippen LogP contribution in [0.2, 0.25) is 5.02 Å². The van der Waals surface area contributed by atoms with Gasteiger partial charge < -0.3 is 9.47 Å². The minimum atomic E-state index is -0.892. The molecule has 0 bridgehead atoms. The average Bonchev–Trinajstić information content (AvgIpc) is 2.67. The number of hydrogen-bond acceptors (Lipinski definition) is 6. The maximum absolute atomic E-state index is 12.0. The number of alkyl carbamates (subject to hydrolysis) is 1. The summed E-state index contributed by atoms with van der Waals surface area (Å²) in [6.45, 7) is -0.00130. The second kappa shape index (κ2) is 9.35. The second-order valence-electron chi connectivity index (χ2n) is 5.20. The Bertz CT molecular complexity index is 883. The van der Waals surface area contributed by atoms with Crippen LogP contribution >= 0.6 is 11.6 Å². The lowest BCUT2D eigenvalue weighted by atomic mass is 10.1. The van der Waals surface area contributed by atoms with Crippen molar-refractivity contribution in [1.82, 2.24) is 5.32 Å². The van der Waals surface area contributed by atoms with Crippen LogP contribution < -0.4 is 5.32 Å². The van der Waals surface area contributed by atoms with E-state index in [1.807, 2.05) is 6.07 Å². The number of nitro benzene ring substituents is 1. The highest BCUT2D eigenvalue weighted by atomic mass is 35.5. The van der Waals surface area contributed by atoms with E-state index >= 15 is 0 Å². The van der Waals surface area contributed by atoms with E-state index in [1.54, 1.807) is 24.3 Å². The predicted molar refractivity (Wildman–Crippen MR) is 97.9 cm³/mol.